The van der Waals surface area contributed by atoms with Gasteiger partial charge in [-0.15, -0.1) is 24.3 Å². The van der Waals surface area contributed by atoms with Gasteiger partial charge in [-0.2, -0.15) is 9.79 Å². The van der Waals surface area contributed by atoms with Crippen LogP contribution < -0.4 is 10.6 Å². The van der Waals surface area contributed by atoms with Crippen LogP contribution in [0.1, 0.15) is 0 Å². The van der Waals surface area contributed by atoms with Crippen molar-refractivity contribution in [2.75, 3.05) is 0 Å². The Morgan fingerprint density at radius 1 is 0.706 bits per heavy atom. The summed E-state index contributed by atoms with van der Waals surface area (Å²) < 4.78 is 20.4. The predicted molar refractivity (Wildman–Crippen MR) is 63.0 cm³/mol. The molecule has 0 aliphatic heterocycles. The molecule has 0 spiro atoms. The van der Waals surface area contributed by atoms with Crippen LogP contribution in [0.4, 0.5) is 0 Å². The van der Waals surface area contributed by atoms with E-state index in [-0.39, 0.29) is 17.1 Å². The molecule has 0 heterocycles. The van der Waals surface area contributed by atoms with Crippen LogP contribution in [0.15, 0.2) is 48.5 Å². The third-order valence-corrected chi connectivity index (χ3v) is 3.21. The summed E-state index contributed by atoms with van der Waals surface area (Å²) in [5.41, 5.74) is 0. The summed E-state index contributed by atoms with van der Waals surface area (Å²) in [6.07, 6.45) is 0. The summed E-state index contributed by atoms with van der Waals surface area (Å²) >= 11 is 0. The van der Waals surface area contributed by atoms with Crippen LogP contribution >= 0.6 is 16.1 Å². The van der Waals surface area contributed by atoms with Gasteiger partial charge < -0.3 is 0 Å². The van der Waals surface area contributed by atoms with Crippen LogP contribution in [0.5, 0.6) is 0 Å². The van der Waals surface area contributed by atoms with Crippen molar-refractivity contribution >= 4 is 26.7 Å². The second kappa shape index (κ2) is 8.43. The maximum atomic E-state index is 10.2. The van der Waals surface area contributed by atoms with Crippen LogP contribution in [0.25, 0.3) is 0 Å². The molecule has 2 N–H and O–H groups in total. The minimum Gasteiger partial charge on any atom is -0.209 e. The Bertz CT molecular complexity index is 406. The molecule has 7 heteroatoms. The molecule has 0 bridgehead atoms. The standard InChI is InChI=1S/2C5H5O2P.Fe/c2*6-8(7)5-3-1-2-4-5;/h2*1-4H,(H,6,7);/q;;+2. The van der Waals surface area contributed by atoms with Crippen LogP contribution in [0.2, 0.25) is 0 Å². The number of rotatable bonds is 2. The molecule has 90 valence electrons. The Balaban J connectivity index is 0.000000284. The topological polar surface area (TPSA) is 74.6 Å². The van der Waals surface area contributed by atoms with Gasteiger partial charge in [0.2, 0.25) is 0 Å². The van der Waals surface area contributed by atoms with Crippen molar-refractivity contribution in [2.45, 2.75) is 0 Å². The second-order valence-electron chi connectivity index (χ2n) is 2.83. The maximum absolute atomic E-state index is 10.2. The molecule has 2 aromatic rings. The molecule has 2 rings (SSSR count). The second-order valence-corrected chi connectivity index (χ2v) is 4.96. The molecule has 2 atom stereocenters. The zero-order chi connectivity index (χ0) is 12.0. The average molecular weight is 312 g/mol. The van der Waals surface area contributed by atoms with Crippen molar-refractivity contribution < 1.29 is 36.0 Å². The smallest absolute Gasteiger partial charge is 0.209 e. The molecule has 0 saturated heterocycles. The summed E-state index contributed by atoms with van der Waals surface area (Å²) in [4.78, 5) is 16.8. The molecule has 0 saturated carbocycles. The summed E-state index contributed by atoms with van der Waals surface area (Å²) in [7, 11) is -4.22. The van der Waals surface area contributed by atoms with Gasteiger partial charge in [0, 0.05) is 0 Å². The predicted octanol–water partition coefficient (Wildman–Crippen LogP) is 1.53. The van der Waals surface area contributed by atoms with Crippen LogP contribution in [-0.2, 0) is 26.2 Å². The third-order valence-electron chi connectivity index (χ3n) is 1.73. The van der Waals surface area contributed by atoms with Gasteiger partial charge in [0.15, 0.2) is 0 Å². The van der Waals surface area contributed by atoms with Gasteiger partial charge in [0.05, 0.1) is 0 Å². The van der Waals surface area contributed by atoms with Crippen molar-refractivity contribution in [3.05, 3.63) is 48.5 Å². The van der Waals surface area contributed by atoms with Crippen molar-refractivity contribution in [2.24, 2.45) is 0 Å². The molecule has 4 nitrogen and oxygen atoms in total. The van der Waals surface area contributed by atoms with E-state index in [1.165, 1.54) is 0 Å². The first-order valence-corrected chi connectivity index (χ1v) is 6.79. The van der Waals surface area contributed by atoms with E-state index in [4.69, 9.17) is 9.79 Å². The first-order chi connectivity index (χ1) is 7.61. The van der Waals surface area contributed by atoms with E-state index in [0.29, 0.717) is 10.6 Å². The van der Waals surface area contributed by atoms with Crippen molar-refractivity contribution in [3.8, 4) is 0 Å². The van der Waals surface area contributed by atoms with Crippen molar-refractivity contribution in [3.63, 3.8) is 0 Å². The minimum absolute atomic E-state index is 0. The Morgan fingerprint density at radius 3 is 1.06 bits per heavy atom. The first kappa shape index (κ1) is 16.3. The van der Waals surface area contributed by atoms with Gasteiger partial charge in [0.1, 0.15) is 10.6 Å². The fraction of sp³-hybridized carbons (Fsp3) is 0. The maximum Gasteiger partial charge on any atom is 2.00 e. The van der Waals surface area contributed by atoms with E-state index < -0.39 is 16.1 Å². The zero-order valence-corrected chi connectivity index (χ0v) is 11.5. The van der Waals surface area contributed by atoms with Crippen LogP contribution in [0, 0.1) is 0 Å². The van der Waals surface area contributed by atoms with Gasteiger partial charge in [0.25, 0.3) is 0 Å². The van der Waals surface area contributed by atoms with Crippen LogP contribution in [0.3, 0.4) is 0 Å². The zero-order valence-electron chi connectivity index (χ0n) is 8.58. The van der Waals surface area contributed by atoms with E-state index in [2.05, 4.69) is 0 Å². The van der Waals surface area contributed by atoms with Gasteiger partial charge in [-0.3, -0.25) is 0 Å². The molecule has 0 fully saturated rings. The van der Waals surface area contributed by atoms with Crippen molar-refractivity contribution in [1.82, 2.24) is 0 Å². The van der Waals surface area contributed by atoms with E-state index in [9.17, 15) is 9.13 Å². The monoisotopic (exact) mass is 312 g/mol. The molecule has 0 aliphatic carbocycles. The van der Waals surface area contributed by atoms with Gasteiger partial charge in [-0.05, 0) is 9.13 Å². The molecular weight excluding hydrogens is 302 g/mol. The quantitative estimate of drug-likeness (QED) is 0.501. The molecule has 0 radical (unpaired) electrons. The van der Waals surface area contributed by atoms with E-state index >= 15 is 0 Å². The minimum atomic E-state index is -2.11. The Labute approximate surface area is 111 Å². The SMILES string of the molecule is O=[P+](O)[c-]1cccc1.O=[P+](O)[c-]1cccc1.[Fe+2]. The van der Waals surface area contributed by atoms with Crippen molar-refractivity contribution in [1.29, 1.82) is 0 Å². The molecule has 2 unspecified atom stereocenters. The first-order valence-electron chi connectivity index (χ1n) is 4.37. The molecule has 2 aromatic carbocycles. The van der Waals surface area contributed by atoms with Gasteiger partial charge in [-0.25, -0.2) is 24.3 Å². The van der Waals surface area contributed by atoms with E-state index in [1.807, 2.05) is 0 Å². The summed E-state index contributed by atoms with van der Waals surface area (Å²) in [5, 5.41) is 1.00. The number of hydrogen-bond acceptors (Lipinski definition) is 2. The van der Waals surface area contributed by atoms with Gasteiger partial charge in [-0.1, -0.05) is 0 Å². The Hall–Kier alpha value is -0.661. The summed E-state index contributed by atoms with van der Waals surface area (Å²) in [6, 6.07) is 13.4. The molecular formula is C10H10FeO4P2+2. The third kappa shape index (κ3) is 5.99. The van der Waals surface area contributed by atoms with Gasteiger partial charge >= 0.3 is 33.1 Å². The molecule has 0 aliphatic rings. The fourth-order valence-electron chi connectivity index (χ4n) is 0.983. The van der Waals surface area contributed by atoms with Crippen LogP contribution in [-0.4, -0.2) is 9.79 Å². The Morgan fingerprint density at radius 2 is 0.941 bits per heavy atom. The molecule has 0 aromatic heterocycles. The average Bonchev–Trinajstić information content (AvgIpc) is 2.93. The summed E-state index contributed by atoms with van der Waals surface area (Å²) in [5.74, 6) is 0. The fourth-order valence-corrected chi connectivity index (χ4v) is 1.84. The molecule has 0 amide bonds. The molecule has 17 heavy (non-hydrogen) atoms. The Kier molecular flexibility index (Phi) is 8.11. The largest absolute Gasteiger partial charge is 2.00 e. The summed E-state index contributed by atoms with van der Waals surface area (Å²) in [6.45, 7) is 0. The number of hydrogen-bond donors (Lipinski definition) is 2. The van der Waals surface area contributed by atoms with E-state index in [0.717, 1.165) is 0 Å². The normalized spacial score (nSPS) is 10.7. The van der Waals surface area contributed by atoms with E-state index in [1.54, 1.807) is 48.5 Å².